The Morgan fingerprint density at radius 2 is 1.91 bits per heavy atom. The van der Waals surface area contributed by atoms with Gasteiger partial charge in [-0.15, -0.1) is 5.10 Å². The van der Waals surface area contributed by atoms with Crippen molar-refractivity contribution < 1.29 is 9.59 Å². The molecule has 2 aromatic heterocycles. The number of fused-ring (bicyclic) bond motifs is 1. The number of thiazole rings is 1. The van der Waals surface area contributed by atoms with E-state index in [2.05, 4.69) is 20.9 Å². The summed E-state index contributed by atoms with van der Waals surface area (Å²) in [7, 11) is 0. The number of benzene rings is 1. The summed E-state index contributed by atoms with van der Waals surface area (Å²) in [5.74, 6) is -0.187. The van der Waals surface area contributed by atoms with Crippen molar-refractivity contribution in [2.24, 2.45) is 0 Å². The third kappa shape index (κ3) is 3.03. The minimum atomic E-state index is -0.400. The fourth-order valence-corrected chi connectivity index (χ4v) is 3.06. The van der Waals surface area contributed by atoms with Crippen LogP contribution in [0.25, 0.3) is 16.3 Å². The Kier molecular flexibility index (Phi) is 4.01. The zero-order chi connectivity index (χ0) is 16.6. The average molecular weight is 350 g/mol. The highest BCUT2D eigenvalue weighted by atomic mass is 35.5. The Bertz CT molecular complexity index is 900. The monoisotopic (exact) mass is 349 g/mol. The number of amides is 2. The summed E-state index contributed by atoms with van der Waals surface area (Å²) in [5.41, 5.74) is 6.08. The third-order valence-corrected chi connectivity index (χ3v) is 4.46. The first kappa shape index (κ1) is 15.4. The van der Waals surface area contributed by atoms with Crippen LogP contribution in [-0.2, 0) is 4.79 Å². The van der Waals surface area contributed by atoms with Crippen LogP contribution in [-0.4, -0.2) is 26.4 Å². The van der Waals surface area contributed by atoms with E-state index in [1.54, 1.807) is 23.6 Å². The Labute approximate surface area is 140 Å². The van der Waals surface area contributed by atoms with Crippen molar-refractivity contribution in [3.05, 3.63) is 39.9 Å². The molecule has 0 aliphatic heterocycles. The summed E-state index contributed by atoms with van der Waals surface area (Å²) < 4.78 is 1.61. The highest BCUT2D eigenvalue weighted by molar-refractivity contribution is 7.19. The van der Waals surface area contributed by atoms with Crippen molar-refractivity contribution in [2.45, 2.75) is 13.8 Å². The van der Waals surface area contributed by atoms with Gasteiger partial charge in [0, 0.05) is 17.5 Å². The van der Waals surface area contributed by atoms with Crippen molar-refractivity contribution in [3.63, 3.8) is 0 Å². The summed E-state index contributed by atoms with van der Waals surface area (Å²) in [4.78, 5) is 28.4. The van der Waals surface area contributed by atoms with Crippen LogP contribution in [0.3, 0.4) is 0 Å². The second kappa shape index (κ2) is 5.98. The average Bonchev–Trinajstić information content (AvgIpc) is 3.05. The molecule has 118 valence electrons. The van der Waals surface area contributed by atoms with E-state index in [1.807, 2.05) is 12.1 Å². The molecule has 0 saturated carbocycles. The number of aromatic nitrogens is 3. The fourth-order valence-electron chi connectivity index (χ4n) is 1.98. The zero-order valence-electron chi connectivity index (χ0n) is 12.3. The lowest BCUT2D eigenvalue weighted by Gasteiger charge is -2.03. The fraction of sp³-hybridized carbons (Fsp3) is 0.143. The van der Waals surface area contributed by atoms with Crippen LogP contribution in [0.15, 0.2) is 24.3 Å². The van der Waals surface area contributed by atoms with Gasteiger partial charge in [0.1, 0.15) is 4.88 Å². The number of hydrazine groups is 1. The summed E-state index contributed by atoms with van der Waals surface area (Å²) in [5, 5.41) is 5.06. The highest BCUT2D eigenvalue weighted by Gasteiger charge is 2.19. The standard InChI is InChI=1S/C14H12ClN5O2S/c1-7-11(13(22)18-17-8(2)21)23-14-16-12(19-20(7)14)9-3-5-10(15)6-4-9/h3-6H,1-2H3,(H,17,21)(H,18,22). The van der Waals surface area contributed by atoms with Gasteiger partial charge < -0.3 is 0 Å². The number of hydrogen-bond acceptors (Lipinski definition) is 5. The quantitative estimate of drug-likeness (QED) is 0.694. The number of rotatable bonds is 2. The molecule has 1 aromatic carbocycles. The molecule has 0 atom stereocenters. The van der Waals surface area contributed by atoms with E-state index >= 15 is 0 Å². The van der Waals surface area contributed by atoms with Crippen molar-refractivity contribution in [1.29, 1.82) is 0 Å². The molecule has 2 amide bonds. The molecular formula is C14H12ClN5O2S. The van der Waals surface area contributed by atoms with Gasteiger partial charge in [-0.2, -0.15) is 4.98 Å². The Morgan fingerprint density at radius 3 is 2.52 bits per heavy atom. The van der Waals surface area contributed by atoms with E-state index < -0.39 is 5.91 Å². The number of aryl methyl sites for hydroxylation is 1. The molecule has 23 heavy (non-hydrogen) atoms. The maximum atomic E-state index is 12.0. The van der Waals surface area contributed by atoms with Crippen LogP contribution in [0, 0.1) is 6.92 Å². The SMILES string of the molecule is CC(=O)NNC(=O)c1sc2nc(-c3ccc(Cl)cc3)nn2c1C. The first-order chi connectivity index (χ1) is 11.0. The number of carbonyl (C=O) groups excluding carboxylic acids is 2. The number of nitrogens with one attached hydrogen (secondary N) is 2. The van der Waals surface area contributed by atoms with Gasteiger partial charge in [0.2, 0.25) is 10.9 Å². The van der Waals surface area contributed by atoms with Gasteiger partial charge in [0.05, 0.1) is 5.69 Å². The van der Waals surface area contributed by atoms with Gasteiger partial charge in [-0.3, -0.25) is 20.4 Å². The lowest BCUT2D eigenvalue weighted by molar-refractivity contribution is -0.119. The molecule has 0 spiro atoms. The first-order valence-electron chi connectivity index (χ1n) is 6.64. The number of halogens is 1. The van der Waals surface area contributed by atoms with Crippen molar-refractivity contribution in [2.75, 3.05) is 0 Å². The summed E-state index contributed by atoms with van der Waals surface area (Å²) in [6.45, 7) is 3.08. The Balaban J connectivity index is 1.92. The molecule has 9 heteroatoms. The van der Waals surface area contributed by atoms with Crippen molar-refractivity contribution >= 4 is 39.7 Å². The minimum absolute atomic E-state index is 0.347. The van der Waals surface area contributed by atoms with Crippen molar-refractivity contribution in [1.82, 2.24) is 25.4 Å². The number of nitrogens with zero attached hydrogens (tertiary/aromatic N) is 3. The molecule has 0 aliphatic rings. The lowest BCUT2D eigenvalue weighted by Crippen LogP contribution is -2.40. The molecule has 0 bridgehead atoms. The first-order valence-corrected chi connectivity index (χ1v) is 7.84. The lowest BCUT2D eigenvalue weighted by atomic mass is 10.2. The predicted octanol–water partition coefficient (Wildman–Crippen LogP) is 2.20. The van der Waals surface area contributed by atoms with Gasteiger partial charge in [-0.25, -0.2) is 4.52 Å². The second-order valence-corrected chi connectivity index (χ2v) is 6.20. The molecule has 2 heterocycles. The van der Waals surface area contributed by atoms with E-state index in [-0.39, 0.29) is 5.91 Å². The van der Waals surface area contributed by atoms with Crippen LogP contribution in [0.1, 0.15) is 22.3 Å². The third-order valence-electron chi connectivity index (χ3n) is 3.08. The van der Waals surface area contributed by atoms with Crippen LogP contribution in [0.4, 0.5) is 0 Å². The van der Waals surface area contributed by atoms with Gasteiger partial charge >= 0.3 is 0 Å². The summed E-state index contributed by atoms with van der Waals surface area (Å²) in [6.07, 6.45) is 0. The molecule has 2 N–H and O–H groups in total. The zero-order valence-corrected chi connectivity index (χ0v) is 13.8. The second-order valence-electron chi connectivity index (χ2n) is 4.79. The molecule has 3 rings (SSSR count). The van der Waals surface area contributed by atoms with Gasteiger partial charge in [0.15, 0.2) is 5.82 Å². The summed E-state index contributed by atoms with van der Waals surface area (Å²) >= 11 is 7.07. The van der Waals surface area contributed by atoms with Gasteiger partial charge in [-0.05, 0) is 31.2 Å². The molecule has 0 radical (unpaired) electrons. The van der Waals surface area contributed by atoms with Crippen LogP contribution in [0.5, 0.6) is 0 Å². The topological polar surface area (TPSA) is 88.4 Å². The van der Waals surface area contributed by atoms with Gasteiger partial charge in [0.25, 0.3) is 5.91 Å². The molecule has 0 unspecified atom stereocenters. The minimum Gasteiger partial charge on any atom is -0.274 e. The van der Waals surface area contributed by atoms with Crippen LogP contribution in [0.2, 0.25) is 5.02 Å². The smallest absolute Gasteiger partial charge is 0.274 e. The van der Waals surface area contributed by atoms with E-state index in [9.17, 15) is 9.59 Å². The molecule has 0 aliphatic carbocycles. The van der Waals surface area contributed by atoms with E-state index in [1.165, 1.54) is 18.3 Å². The van der Waals surface area contributed by atoms with E-state index in [4.69, 9.17) is 11.6 Å². The molecular weight excluding hydrogens is 338 g/mol. The number of carbonyl (C=O) groups is 2. The predicted molar refractivity (Wildman–Crippen MR) is 87.3 cm³/mol. The number of hydrogen-bond donors (Lipinski definition) is 2. The molecule has 0 fully saturated rings. The normalized spacial score (nSPS) is 10.7. The Morgan fingerprint density at radius 1 is 1.22 bits per heavy atom. The van der Waals surface area contributed by atoms with Crippen LogP contribution < -0.4 is 10.9 Å². The molecule has 0 saturated heterocycles. The largest absolute Gasteiger partial charge is 0.281 e. The summed E-state index contributed by atoms with van der Waals surface area (Å²) in [6, 6.07) is 7.21. The maximum absolute atomic E-state index is 12.0. The molecule has 3 aromatic rings. The van der Waals surface area contributed by atoms with E-state index in [0.29, 0.717) is 26.4 Å². The molecule has 7 nitrogen and oxygen atoms in total. The van der Waals surface area contributed by atoms with Crippen LogP contribution >= 0.6 is 22.9 Å². The highest BCUT2D eigenvalue weighted by Crippen LogP contribution is 2.25. The van der Waals surface area contributed by atoms with Crippen molar-refractivity contribution in [3.8, 4) is 11.4 Å². The van der Waals surface area contributed by atoms with Gasteiger partial charge in [-0.1, -0.05) is 22.9 Å². The Hall–Kier alpha value is -2.45. The maximum Gasteiger partial charge on any atom is 0.281 e. The van der Waals surface area contributed by atoms with E-state index in [0.717, 1.165) is 5.56 Å².